The quantitative estimate of drug-likeness (QED) is 0.691. The maximum atomic E-state index is 12.5. The number of amides is 1. The van der Waals surface area contributed by atoms with E-state index in [1.807, 2.05) is 0 Å². The van der Waals surface area contributed by atoms with Crippen molar-refractivity contribution >= 4 is 11.9 Å². The molecule has 2 aromatic heterocycles. The number of alkyl halides is 3. The van der Waals surface area contributed by atoms with E-state index in [4.69, 9.17) is 9.84 Å². The normalized spacial score (nSPS) is 11.3. The molecule has 1 amide bonds. The molecule has 0 saturated heterocycles. The smallest absolute Gasteiger partial charge is 0.417 e. The van der Waals surface area contributed by atoms with E-state index in [1.54, 1.807) is 0 Å². The summed E-state index contributed by atoms with van der Waals surface area (Å²) in [6, 6.07) is 1.93. The summed E-state index contributed by atoms with van der Waals surface area (Å²) in [6.07, 6.45) is -2.65. The summed E-state index contributed by atoms with van der Waals surface area (Å²) in [4.78, 5) is 25.7. The second kappa shape index (κ2) is 7.70. The molecular formula is C13H12F3N5O4. The predicted octanol–water partition coefficient (Wildman–Crippen LogP) is 0.512. The fourth-order valence-electron chi connectivity index (χ4n) is 1.66. The molecule has 0 spiro atoms. The van der Waals surface area contributed by atoms with Crippen molar-refractivity contribution in [2.75, 3.05) is 19.8 Å². The summed E-state index contributed by atoms with van der Waals surface area (Å²) in [5, 5.41) is 18.0. The van der Waals surface area contributed by atoms with Crippen LogP contribution in [0.4, 0.5) is 13.2 Å². The minimum absolute atomic E-state index is 0.00730. The lowest BCUT2D eigenvalue weighted by Crippen LogP contribution is -2.28. The number of aromatic nitrogens is 4. The van der Waals surface area contributed by atoms with Gasteiger partial charge in [-0.2, -0.15) is 13.2 Å². The van der Waals surface area contributed by atoms with E-state index in [1.165, 1.54) is 6.20 Å². The van der Waals surface area contributed by atoms with Gasteiger partial charge in [-0.1, -0.05) is 5.21 Å². The molecule has 2 rings (SSSR count). The first-order valence-electron chi connectivity index (χ1n) is 6.81. The maximum Gasteiger partial charge on any atom is 0.417 e. The first-order chi connectivity index (χ1) is 11.8. The standard InChI is InChI=1S/C13H12F3N5O4/c14-13(15,16)8-1-2-10(18-5-8)21-6-9(19-20-21)12(24)17-3-4-25-7-11(22)23/h1-2,5-6H,3-4,7H2,(H,17,24)(H,22,23). The van der Waals surface area contributed by atoms with Crippen molar-refractivity contribution in [2.24, 2.45) is 0 Å². The van der Waals surface area contributed by atoms with E-state index in [0.717, 1.165) is 16.8 Å². The summed E-state index contributed by atoms with van der Waals surface area (Å²) in [6.45, 7) is -0.435. The average Bonchev–Trinajstić information content (AvgIpc) is 3.03. The number of hydrogen-bond acceptors (Lipinski definition) is 6. The van der Waals surface area contributed by atoms with E-state index in [9.17, 15) is 22.8 Å². The van der Waals surface area contributed by atoms with Gasteiger partial charge in [0, 0.05) is 12.7 Å². The van der Waals surface area contributed by atoms with Gasteiger partial charge in [-0.25, -0.2) is 14.5 Å². The van der Waals surface area contributed by atoms with Crippen molar-refractivity contribution in [1.29, 1.82) is 0 Å². The summed E-state index contributed by atoms with van der Waals surface area (Å²) >= 11 is 0. The second-order valence-corrected chi connectivity index (χ2v) is 4.65. The number of aliphatic carboxylic acids is 1. The van der Waals surface area contributed by atoms with Crippen LogP contribution >= 0.6 is 0 Å². The van der Waals surface area contributed by atoms with Crippen molar-refractivity contribution in [3.63, 3.8) is 0 Å². The van der Waals surface area contributed by atoms with Gasteiger partial charge in [-0.05, 0) is 12.1 Å². The number of pyridine rings is 1. The number of carbonyl (C=O) groups is 2. The molecule has 0 bridgehead atoms. The maximum absolute atomic E-state index is 12.5. The fraction of sp³-hybridized carbons (Fsp3) is 0.308. The Morgan fingerprint density at radius 2 is 2.08 bits per heavy atom. The molecule has 12 heteroatoms. The summed E-state index contributed by atoms with van der Waals surface area (Å²) in [5.41, 5.74) is -0.990. The Labute approximate surface area is 138 Å². The number of hydrogen-bond donors (Lipinski definition) is 2. The first-order valence-corrected chi connectivity index (χ1v) is 6.81. The molecule has 2 heterocycles. The molecular weight excluding hydrogens is 347 g/mol. The third kappa shape index (κ3) is 5.24. The number of nitrogens with zero attached hydrogens (tertiary/aromatic N) is 4. The Balaban J connectivity index is 1.93. The van der Waals surface area contributed by atoms with E-state index >= 15 is 0 Å². The Hall–Kier alpha value is -3.02. The Morgan fingerprint density at radius 1 is 1.32 bits per heavy atom. The lowest BCUT2D eigenvalue weighted by Gasteiger charge is -2.06. The van der Waals surface area contributed by atoms with E-state index < -0.39 is 30.2 Å². The Bertz CT molecular complexity index is 745. The van der Waals surface area contributed by atoms with Crippen LogP contribution in [0.5, 0.6) is 0 Å². The van der Waals surface area contributed by atoms with Crippen LogP contribution in [0.15, 0.2) is 24.5 Å². The van der Waals surface area contributed by atoms with Crippen LogP contribution in [0.25, 0.3) is 5.82 Å². The van der Waals surface area contributed by atoms with E-state index in [0.29, 0.717) is 6.20 Å². The van der Waals surface area contributed by atoms with Crippen LogP contribution in [0.2, 0.25) is 0 Å². The van der Waals surface area contributed by atoms with E-state index in [-0.39, 0.29) is 24.7 Å². The number of ether oxygens (including phenoxy) is 1. The zero-order valence-corrected chi connectivity index (χ0v) is 12.5. The molecule has 9 nitrogen and oxygen atoms in total. The number of nitrogens with one attached hydrogen (secondary N) is 1. The molecule has 0 saturated carbocycles. The predicted molar refractivity (Wildman–Crippen MR) is 74.9 cm³/mol. The van der Waals surface area contributed by atoms with Crippen molar-refractivity contribution in [2.45, 2.75) is 6.18 Å². The van der Waals surface area contributed by atoms with Crippen LogP contribution in [0.3, 0.4) is 0 Å². The van der Waals surface area contributed by atoms with Gasteiger partial charge in [0.15, 0.2) is 11.5 Å². The highest BCUT2D eigenvalue weighted by Gasteiger charge is 2.30. The average molecular weight is 359 g/mol. The van der Waals surface area contributed by atoms with Gasteiger partial charge < -0.3 is 15.2 Å². The molecule has 0 unspecified atom stereocenters. The molecule has 0 aromatic carbocycles. The minimum atomic E-state index is -4.50. The summed E-state index contributed by atoms with van der Waals surface area (Å²) < 4.78 is 43.2. The highest BCUT2D eigenvalue weighted by atomic mass is 19.4. The van der Waals surface area contributed by atoms with Crippen molar-refractivity contribution in [3.8, 4) is 5.82 Å². The van der Waals surface area contributed by atoms with Gasteiger partial charge in [-0.15, -0.1) is 5.10 Å². The molecule has 134 valence electrons. The number of carboxylic acids is 1. The largest absolute Gasteiger partial charge is 0.480 e. The molecule has 2 aromatic rings. The van der Waals surface area contributed by atoms with Crippen LogP contribution in [-0.2, 0) is 15.7 Å². The molecule has 0 atom stereocenters. The zero-order chi connectivity index (χ0) is 18.4. The van der Waals surface area contributed by atoms with Crippen molar-refractivity contribution in [1.82, 2.24) is 25.3 Å². The van der Waals surface area contributed by atoms with Gasteiger partial charge >= 0.3 is 12.1 Å². The first kappa shape index (κ1) is 18.3. The fourth-order valence-corrected chi connectivity index (χ4v) is 1.66. The van der Waals surface area contributed by atoms with Crippen LogP contribution < -0.4 is 5.32 Å². The van der Waals surface area contributed by atoms with Crippen LogP contribution in [0, 0.1) is 0 Å². The van der Waals surface area contributed by atoms with Crippen LogP contribution in [-0.4, -0.2) is 56.7 Å². The molecule has 0 aliphatic heterocycles. The molecule has 0 fully saturated rings. The third-order valence-corrected chi connectivity index (χ3v) is 2.79. The zero-order valence-electron chi connectivity index (χ0n) is 12.5. The molecule has 0 aliphatic rings. The number of rotatable bonds is 7. The van der Waals surface area contributed by atoms with E-state index in [2.05, 4.69) is 20.6 Å². The second-order valence-electron chi connectivity index (χ2n) is 4.65. The monoisotopic (exact) mass is 359 g/mol. The number of carboxylic acid groups (broad SMARTS) is 1. The Morgan fingerprint density at radius 3 is 2.68 bits per heavy atom. The van der Waals surface area contributed by atoms with Gasteiger partial charge in [-0.3, -0.25) is 4.79 Å². The number of halogens is 3. The van der Waals surface area contributed by atoms with Crippen molar-refractivity contribution < 1.29 is 32.6 Å². The van der Waals surface area contributed by atoms with Crippen LogP contribution in [0.1, 0.15) is 16.1 Å². The molecule has 0 radical (unpaired) electrons. The van der Waals surface area contributed by atoms with Gasteiger partial charge in [0.2, 0.25) is 0 Å². The molecule has 2 N–H and O–H groups in total. The van der Waals surface area contributed by atoms with Gasteiger partial charge in [0.25, 0.3) is 5.91 Å². The summed E-state index contributed by atoms with van der Waals surface area (Å²) in [7, 11) is 0. The lowest BCUT2D eigenvalue weighted by atomic mass is 10.3. The minimum Gasteiger partial charge on any atom is -0.480 e. The van der Waals surface area contributed by atoms with Gasteiger partial charge in [0.05, 0.1) is 18.4 Å². The van der Waals surface area contributed by atoms with Crippen molar-refractivity contribution in [3.05, 3.63) is 35.8 Å². The SMILES string of the molecule is O=C(O)COCCNC(=O)c1cn(-c2ccc(C(F)(F)F)cn2)nn1. The summed E-state index contributed by atoms with van der Waals surface area (Å²) in [5.74, 6) is -1.67. The third-order valence-electron chi connectivity index (χ3n) is 2.79. The molecule has 25 heavy (non-hydrogen) atoms. The topological polar surface area (TPSA) is 119 Å². The molecule has 0 aliphatic carbocycles. The highest BCUT2D eigenvalue weighted by Crippen LogP contribution is 2.28. The Kier molecular flexibility index (Phi) is 5.64. The van der Waals surface area contributed by atoms with Gasteiger partial charge in [0.1, 0.15) is 6.61 Å². The number of carbonyl (C=O) groups excluding carboxylic acids is 1. The lowest BCUT2D eigenvalue weighted by molar-refractivity contribution is -0.142. The highest BCUT2D eigenvalue weighted by molar-refractivity contribution is 5.91.